The highest BCUT2D eigenvalue weighted by Gasteiger charge is 2.34. The number of aryl methyl sites for hydroxylation is 1. The van der Waals surface area contributed by atoms with Crippen LogP contribution in [0.1, 0.15) is 24.0 Å². The summed E-state index contributed by atoms with van der Waals surface area (Å²) in [4.78, 5) is 2.14. The van der Waals surface area contributed by atoms with Crippen LogP contribution in [0.2, 0.25) is 0 Å². The van der Waals surface area contributed by atoms with Crippen molar-refractivity contribution in [3.63, 3.8) is 0 Å². The second-order valence-electron chi connectivity index (χ2n) is 6.13. The molecule has 2 aromatic rings. The number of hydrogen-bond donors (Lipinski definition) is 2. The highest BCUT2D eigenvalue weighted by Crippen LogP contribution is 2.32. The standard InChI is InChI=1S/C19H22N2OS/c1-15-7-5-6-10-17(15)20-18(23)21-13-11-19(22,12-14-21)16-8-3-2-4-9-16/h2-10,22H,11-14H2,1H3,(H,20,23). The molecule has 0 aromatic heterocycles. The number of nitrogens with zero attached hydrogens (tertiary/aromatic N) is 1. The molecular formula is C19H22N2OS. The Bertz CT molecular complexity index is 679. The second-order valence-corrected chi connectivity index (χ2v) is 6.52. The molecular weight excluding hydrogens is 304 g/mol. The third kappa shape index (κ3) is 3.54. The number of piperidine rings is 1. The molecule has 1 heterocycles. The van der Waals surface area contributed by atoms with Crippen molar-refractivity contribution in [2.24, 2.45) is 0 Å². The van der Waals surface area contributed by atoms with Crippen LogP contribution in [0.3, 0.4) is 0 Å². The first-order chi connectivity index (χ1) is 11.1. The van der Waals surface area contributed by atoms with E-state index in [1.807, 2.05) is 48.5 Å². The van der Waals surface area contributed by atoms with Crippen molar-refractivity contribution in [1.82, 2.24) is 4.90 Å². The van der Waals surface area contributed by atoms with E-state index in [0.717, 1.165) is 29.5 Å². The van der Waals surface area contributed by atoms with E-state index in [1.165, 1.54) is 5.56 Å². The molecule has 3 nitrogen and oxygen atoms in total. The van der Waals surface area contributed by atoms with Gasteiger partial charge in [0.05, 0.1) is 5.60 Å². The van der Waals surface area contributed by atoms with Gasteiger partial charge in [0.15, 0.2) is 5.11 Å². The number of rotatable bonds is 2. The molecule has 23 heavy (non-hydrogen) atoms. The maximum Gasteiger partial charge on any atom is 0.173 e. The first kappa shape index (κ1) is 16.0. The van der Waals surface area contributed by atoms with Gasteiger partial charge < -0.3 is 15.3 Å². The molecule has 1 aliphatic rings. The SMILES string of the molecule is Cc1ccccc1NC(=S)N1CCC(O)(c2ccccc2)CC1. The lowest BCUT2D eigenvalue weighted by Crippen LogP contribution is -2.46. The van der Waals surface area contributed by atoms with E-state index in [2.05, 4.69) is 23.2 Å². The van der Waals surface area contributed by atoms with Crippen LogP contribution in [0.5, 0.6) is 0 Å². The summed E-state index contributed by atoms with van der Waals surface area (Å²) < 4.78 is 0. The molecule has 2 N–H and O–H groups in total. The first-order valence-corrected chi connectivity index (χ1v) is 8.39. The molecule has 4 heteroatoms. The van der Waals surface area contributed by atoms with Gasteiger partial charge in [-0.3, -0.25) is 0 Å². The van der Waals surface area contributed by atoms with Gasteiger partial charge in [0, 0.05) is 18.8 Å². The lowest BCUT2D eigenvalue weighted by atomic mass is 9.84. The monoisotopic (exact) mass is 326 g/mol. The first-order valence-electron chi connectivity index (χ1n) is 7.98. The van der Waals surface area contributed by atoms with Crippen LogP contribution in [0.15, 0.2) is 54.6 Å². The maximum atomic E-state index is 10.9. The molecule has 1 saturated heterocycles. The number of hydrogen-bond acceptors (Lipinski definition) is 2. The molecule has 3 rings (SSSR count). The minimum absolute atomic E-state index is 0.687. The van der Waals surface area contributed by atoms with E-state index in [-0.39, 0.29) is 0 Å². The molecule has 0 unspecified atom stereocenters. The number of para-hydroxylation sites is 1. The Morgan fingerprint density at radius 3 is 2.30 bits per heavy atom. The molecule has 120 valence electrons. The van der Waals surface area contributed by atoms with E-state index >= 15 is 0 Å². The van der Waals surface area contributed by atoms with E-state index in [1.54, 1.807) is 0 Å². The fourth-order valence-electron chi connectivity index (χ4n) is 3.02. The zero-order valence-corrected chi connectivity index (χ0v) is 14.1. The van der Waals surface area contributed by atoms with E-state index in [9.17, 15) is 5.11 Å². The van der Waals surface area contributed by atoms with Gasteiger partial charge >= 0.3 is 0 Å². The average molecular weight is 326 g/mol. The summed E-state index contributed by atoms with van der Waals surface area (Å²) in [5.41, 5.74) is 2.47. The Morgan fingerprint density at radius 1 is 1.04 bits per heavy atom. The van der Waals surface area contributed by atoms with Crippen molar-refractivity contribution in [3.05, 3.63) is 65.7 Å². The van der Waals surface area contributed by atoms with Crippen LogP contribution in [0, 0.1) is 6.92 Å². The van der Waals surface area contributed by atoms with Gasteiger partial charge in [-0.15, -0.1) is 0 Å². The van der Waals surface area contributed by atoms with Crippen LogP contribution in [0.25, 0.3) is 0 Å². The van der Waals surface area contributed by atoms with Crippen molar-refractivity contribution in [2.75, 3.05) is 18.4 Å². The largest absolute Gasteiger partial charge is 0.385 e. The molecule has 2 aromatic carbocycles. The van der Waals surface area contributed by atoms with Crippen LogP contribution >= 0.6 is 12.2 Å². The number of thiocarbonyl (C=S) groups is 1. The third-order valence-corrected chi connectivity index (χ3v) is 4.94. The topological polar surface area (TPSA) is 35.5 Å². The van der Waals surface area contributed by atoms with Gasteiger partial charge in [-0.05, 0) is 49.2 Å². The fraction of sp³-hybridized carbons (Fsp3) is 0.316. The number of benzene rings is 2. The molecule has 0 bridgehead atoms. The molecule has 0 saturated carbocycles. The van der Waals surface area contributed by atoms with E-state index in [4.69, 9.17) is 12.2 Å². The Labute approximate surface area is 142 Å². The van der Waals surface area contributed by atoms with Crippen molar-refractivity contribution in [2.45, 2.75) is 25.4 Å². The average Bonchev–Trinajstić information content (AvgIpc) is 2.58. The lowest BCUT2D eigenvalue weighted by molar-refractivity contribution is -0.0117. The minimum Gasteiger partial charge on any atom is -0.385 e. The smallest absolute Gasteiger partial charge is 0.173 e. The highest BCUT2D eigenvalue weighted by molar-refractivity contribution is 7.80. The second kappa shape index (κ2) is 6.69. The predicted octanol–water partition coefficient (Wildman–Crippen LogP) is 3.68. The van der Waals surface area contributed by atoms with Gasteiger partial charge in [-0.2, -0.15) is 0 Å². The van der Waals surface area contributed by atoms with Crippen molar-refractivity contribution >= 4 is 23.0 Å². The fourth-order valence-corrected chi connectivity index (χ4v) is 3.32. The van der Waals surface area contributed by atoms with Gasteiger partial charge in [-0.25, -0.2) is 0 Å². The molecule has 0 atom stereocenters. The molecule has 0 spiro atoms. The number of anilines is 1. The molecule has 0 radical (unpaired) electrons. The third-order valence-electron chi connectivity index (χ3n) is 4.58. The van der Waals surface area contributed by atoms with Gasteiger partial charge in [0.1, 0.15) is 0 Å². The van der Waals surface area contributed by atoms with Crippen molar-refractivity contribution in [3.8, 4) is 0 Å². The lowest BCUT2D eigenvalue weighted by Gasteiger charge is -2.39. The summed E-state index contributed by atoms with van der Waals surface area (Å²) in [6.07, 6.45) is 1.37. The Kier molecular flexibility index (Phi) is 4.64. The number of nitrogens with one attached hydrogen (secondary N) is 1. The van der Waals surface area contributed by atoms with Crippen LogP contribution < -0.4 is 5.32 Å². The predicted molar refractivity (Wildman–Crippen MR) is 98.5 cm³/mol. The minimum atomic E-state index is -0.740. The zero-order chi connectivity index (χ0) is 16.3. The summed E-state index contributed by atoms with van der Waals surface area (Å²) in [7, 11) is 0. The molecule has 1 fully saturated rings. The molecule has 0 amide bonds. The van der Waals surface area contributed by atoms with E-state index in [0.29, 0.717) is 12.8 Å². The van der Waals surface area contributed by atoms with Crippen LogP contribution in [-0.2, 0) is 5.60 Å². The van der Waals surface area contributed by atoms with Gasteiger partial charge in [0.25, 0.3) is 0 Å². The Hall–Kier alpha value is -1.91. The van der Waals surface area contributed by atoms with Crippen molar-refractivity contribution in [1.29, 1.82) is 0 Å². The summed E-state index contributed by atoms with van der Waals surface area (Å²) in [5.74, 6) is 0. The molecule has 0 aliphatic carbocycles. The Morgan fingerprint density at radius 2 is 1.65 bits per heavy atom. The summed E-state index contributed by atoms with van der Waals surface area (Å²) in [6, 6.07) is 18.0. The maximum absolute atomic E-state index is 10.9. The summed E-state index contributed by atoms with van der Waals surface area (Å²) >= 11 is 5.54. The van der Waals surface area contributed by atoms with Crippen molar-refractivity contribution < 1.29 is 5.11 Å². The van der Waals surface area contributed by atoms with Gasteiger partial charge in [-0.1, -0.05) is 48.5 Å². The van der Waals surface area contributed by atoms with Gasteiger partial charge in [0.2, 0.25) is 0 Å². The number of aliphatic hydroxyl groups is 1. The van der Waals surface area contributed by atoms with Crippen LogP contribution in [-0.4, -0.2) is 28.2 Å². The zero-order valence-electron chi connectivity index (χ0n) is 13.3. The van der Waals surface area contributed by atoms with Crippen LogP contribution in [0.4, 0.5) is 5.69 Å². The normalized spacial score (nSPS) is 16.9. The summed E-state index contributed by atoms with van der Waals surface area (Å²) in [5, 5.41) is 14.9. The number of likely N-dealkylation sites (tertiary alicyclic amines) is 1. The summed E-state index contributed by atoms with van der Waals surface area (Å²) in [6.45, 7) is 3.57. The quantitative estimate of drug-likeness (QED) is 0.826. The molecule has 1 aliphatic heterocycles. The highest BCUT2D eigenvalue weighted by atomic mass is 32.1. The Balaban J connectivity index is 1.63. The van der Waals surface area contributed by atoms with E-state index < -0.39 is 5.60 Å².